The Morgan fingerprint density at radius 2 is 1.14 bits per heavy atom. The van der Waals surface area contributed by atoms with Crippen LogP contribution in [-0.2, 0) is 19.2 Å². The molecule has 19 nitrogen and oxygen atoms in total. The Morgan fingerprint density at radius 1 is 0.633 bits per heavy atom. The molecule has 0 aliphatic carbocycles. The van der Waals surface area contributed by atoms with Crippen LogP contribution in [0.1, 0.15) is 26.7 Å². The molecule has 3 amide bonds. The number of benzene rings is 4. The lowest BCUT2D eigenvalue weighted by Gasteiger charge is -2.40. The molecule has 4 saturated heterocycles. The van der Waals surface area contributed by atoms with Crippen LogP contribution in [0.2, 0.25) is 0 Å². The fraction of sp³-hybridized carbons (Fsp3) is 0.357. The van der Waals surface area contributed by atoms with Crippen molar-refractivity contribution in [2.24, 2.45) is 11.8 Å². The first-order chi connectivity index (χ1) is 38.3. The lowest BCUT2D eigenvalue weighted by atomic mass is 10.1. The summed E-state index contributed by atoms with van der Waals surface area (Å²) in [6.07, 6.45) is 5.03. The summed E-state index contributed by atoms with van der Waals surface area (Å²) in [5.41, 5.74) is 5.94. The van der Waals surface area contributed by atoms with Crippen molar-refractivity contribution in [2.75, 3.05) is 99.0 Å². The van der Waals surface area contributed by atoms with Gasteiger partial charge in [0.05, 0.1) is 47.3 Å². The van der Waals surface area contributed by atoms with Crippen LogP contribution >= 0.6 is 22.7 Å². The molecule has 4 aromatic heterocycles. The van der Waals surface area contributed by atoms with Crippen LogP contribution in [-0.4, -0.2) is 164 Å². The van der Waals surface area contributed by atoms with Gasteiger partial charge in [-0.3, -0.25) is 39.2 Å². The molecule has 12 rings (SSSR count). The Balaban J connectivity index is 0.000000152. The van der Waals surface area contributed by atoms with Crippen molar-refractivity contribution in [2.45, 2.75) is 38.8 Å². The number of aliphatic carboxylic acids is 1. The van der Waals surface area contributed by atoms with Crippen molar-refractivity contribution in [1.29, 1.82) is 0 Å². The minimum atomic E-state index is -0.886. The first kappa shape index (κ1) is 54.6. The topological polar surface area (TPSA) is 224 Å². The van der Waals surface area contributed by atoms with E-state index in [0.717, 1.165) is 88.2 Å². The Hall–Kier alpha value is -7.70. The lowest BCUT2D eigenvalue weighted by Crippen LogP contribution is -2.56. The summed E-state index contributed by atoms with van der Waals surface area (Å²) >= 11 is 3.34. The summed E-state index contributed by atoms with van der Waals surface area (Å²) in [6, 6.07) is 24.1. The summed E-state index contributed by atoms with van der Waals surface area (Å²) in [7, 11) is 0. The zero-order valence-corrected chi connectivity index (χ0v) is 45.4. The normalized spacial score (nSPS) is 19.7. The second-order valence-electron chi connectivity index (χ2n) is 20.3. The maximum atomic E-state index is 13.3. The second-order valence-corrected chi connectivity index (χ2v) is 22.1. The molecule has 8 aromatic rings. The van der Waals surface area contributed by atoms with Gasteiger partial charge >= 0.3 is 5.97 Å². The Morgan fingerprint density at radius 3 is 1.61 bits per heavy atom. The molecule has 2 unspecified atom stereocenters. The molecule has 4 aromatic carbocycles. The van der Waals surface area contributed by atoms with Crippen molar-refractivity contribution in [3.63, 3.8) is 0 Å². The molecule has 0 radical (unpaired) electrons. The van der Waals surface area contributed by atoms with Gasteiger partial charge in [0.1, 0.15) is 11.6 Å². The average Bonchev–Trinajstić information content (AvgIpc) is 4.41. The first-order valence-corrected chi connectivity index (χ1v) is 28.1. The van der Waals surface area contributed by atoms with Gasteiger partial charge in [0, 0.05) is 121 Å². The molecule has 0 spiro atoms. The van der Waals surface area contributed by atoms with E-state index in [1.165, 1.54) is 24.3 Å². The third kappa shape index (κ3) is 13.6. The third-order valence-electron chi connectivity index (χ3n) is 14.6. The maximum absolute atomic E-state index is 13.3. The molecule has 6 N–H and O–H groups in total. The van der Waals surface area contributed by atoms with Gasteiger partial charge in [-0.15, -0.1) is 22.7 Å². The predicted molar refractivity (Wildman–Crippen MR) is 304 cm³/mol. The highest BCUT2D eigenvalue weighted by Crippen LogP contribution is 2.31. The summed E-state index contributed by atoms with van der Waals surface area (Å²) < 4.78 is 26.4. The van der Waals surface area contributed by atoms with Crippen LogP contribution in [0.5, 0.6) is 0 Å². The number of hydrogen-bond acceptors (Lipinski definition) is 15. The molecule has 412 valence electrons. The number of H-pyrrole nitrogens is 2. The number of fused-ring (bicyclic) bond motifs is 2. The standard InChI is InChI=1S/C28H30FN7O2S.C20H19FN4O3.C8H13N3S/c1-18-15-35(28-30-9-13-39-28)11-12-36(18)25(37)17-34-10-8-20(16-34)27(38)31-22-6-7-23-24(14-22)32-33-26(23)19-2-4-21(29)5-3-19;21-14-3-1-12(2-4-14)19-16-6-5-15(9-17(16)23-24-19)22-20(28)13-7-8-25(10-13)11-18(26)27;1-7-6-11(4-2-9-7)8-10-3-5-12-8/h2-7,9,13-14,18,20H,8,10-12,15-17H2,1H3,(H,31,38)(H,32,33);1-6,9,13H,7-8,10-11H2,(H,22,28)(H,23,24)(H,26,27);3,5,7,9H,2,4,6H2,1H3/t18-,20?;;7-/m1.1/s1. The molecule has 23 heteroatoms. The third-order valence-corrected chi connectivity index (χ3v) is 16.3. The van der Waals surface area contributed by atoms with Crippen LogP contribution in [0.15, 0.2) is 108 Å². The van der Waals surface area contributed by atoms with Crippen LogP contribution in [0.3, 0.4) is 0 Å². The number of hydrogen-bond donors (Lipinski definition) is 6. The average molecular weight is 1110 g/mol. The number of nitrogens with zero attached hydrogens (tertiary/aromatic N) is 9. The summed E-state index contributed by atoms with van der Waals surface area (Å²) in [5, 5.41) is 40.8. The van der Waals surface area contributed by atoms with Gasteiger partial charge in [-0.2, -0.15) is 10.2 Å². The second kappa shape index (κ2) is 25.0. The number of rotatable bonds is 12. The molecular formula is C56H62F2N14O5S2. The van der Waals surface area contributed by atoms with Gasteiger partial charge in [-0.1, -0.05) is 0 Å². The molecule has 0 bridgehead atoms. The van der Waals surface area contributed by atoms with E-state index in [1.54, 1.807) is 64.0 Å². The zero-order chi connectivity index (χ0) is 55.0. The number of carboxylic acids is 1. The van der Waals surface area contributed by atoms with E-state index >= 15 is 0 Å². The molecule has 8 heterocycles. The van der Waals surface area contributed by atoms with E-state index < -0.39 is 5.97 Å². The number of thiazole rings is 2. The number of carbonyl (C=O) groups excluding carboxylic acids is 3. The van der Waals surface area contributed by atoms with Crippen LogP contribution in [0.4, 0.5) is 30.4 Å². The lowest BCUT2D eigenvalue weighted by molar-refractivity contribution is -0.138. The maximum Gasteiger partial charge on any atom is 0.317 e. The summed E-state index contributed by atoms with van der Waals surface area (Å²) in [4.78, 5) is 68.5. The largest absolute Gasteiger partial charge is 0.480 e. The van der Waals surface area contributed by atoms with E-state index in [0.29, 0.717) is 68.7 Å². The van der Waals surface area contributed by atoms with Crippen LogP contribution in [0.25, 0.3) is 44.3 Å². The number of amides is 3. The quantitative estimate of drug-likeness (QED) is 0.0698. The molecule has 79 heavy (non-hydrogen) atoms. The van der Waals surface area contributed by atoms with E-state index in [2.05, 4.69) is 74.9 Å². The number of carbonyl (C=O) groups is 4. The number of halogens is 2. The molecular weight excluding hydrogens is 1050 g/mol. The van der Waals surface area contributed by atoms with E-state index in [4.69, 9.17) is 5.11 Å². The van der Waals surface area contributed by atoms with E-state index in [9.17, 15) is 28.0 Å². The molecule has 0 saturated carbocycles. The number of likely N-dealkylation sites (tertiary alicyclic amines) is 2. The van der Waals surface area contributed by atoms with Crippen LogP contribution < -0.4 is 25.8 Å². The van der Waals surface area contributed by atoms with Gasteiger partial charge in [-0.05, 0) is 125 Å². The Kier molecular flexibility index (Phi) is 17.3. The van der Waals surface area contributed by atoms with Gasteiger partial charge in [0.15, 0.2) is 10.3 Å². The number of anilines is 4. The number of aromatic nitrogens is 6. The highest BCUT2D eigenvalue weighted by atomic mass is 32.1. The zero-order valence-electron chi connectivity index (χ0n) is 43.8. The molecule has 4 fully saturated rings. The number of aromatic amines is 2. The minimum Gasteiger partial charge on any atom is -0.480 e. The summed E-state index contributed by atoms with van der Waals surface area (Å²) in [6.45, 7) is 12.4. The predicted octanol–water partition coefficient (Wildman–Crippen LogP) is 7.48. The van der Waals surface area contributed by atoms with Crippen molar-refractivity contribution in [3.8, 4) is 22.5 Å². The number of piperazine rings is 2. The van der Waals surface area contributed by atoms with Crippen molar-refractivity contribution < 1.29 is 33.1 Å². The molecule has 4 atom stereocenters. The fourth-order valence-electron chi connectivity index (χ4n) is 10.5. The van der Waals surface area contributed by atoms with Crippen molar-refractivity contribution in [3.05, 3.63) is 120 Å². The van der Waals surface area contributed by atoms with E-state index in [-0.39, 0.29) is 53.8 Å². The SMILES string of the molecule is C[C@@H]1CN(c2nccs2)CCN1.C[C@@H]1CN(c2nccs2)CCN1C(=O)CN1CCC(C(=O)Nc2ccc3c(-c4ccc(F)cc4)n[nH]c3c2)C1.O=C(O)CN1CCC(C(=O)Nc2ccc3c(-c4ccc(F)cc4)n[nH]c3c2)C1. The molecule has 4 aliphatic rings. The minimum absolute atomic E-state index is 0.0456. The van der Waals surface area contributed by atoms with Gasteiger partial charge < -0.3 is 35.8 Å². The fourth-order valence-corrected chi connectivity index (χ4v) is 11.9. The van der Waals surface area contributed by atoms with Crippen LogP contribution in [0, 0.1) is 23.5 Å². The Bertz CT molecular complexity index is 3360. The van der Waals surface area contributed by atoms with Crippen molar-refractivity contribution in [1.82, 2.24) is 50.4 Å². The van der Waals surface area contributed by atoms with Gasteiger partial charge in [0.25, 0.3) is 0 Å². The first-order valence-electron chi connectivity index (χ1n) is 26.4. The molecule has 4 aliphatic heterocycles. The number of nitrogens with one attached hydrogen (secondary N) is 5. The highest BCUT2D eigenvalue weighted by Gasteiger charge is 2.34. The number of carboxylic acid groups (broad SMARTS) is 1. The van der Waals surface area contributed by atoms with E-state index in [1.807, 2.05) is 52.3 Å². The highest BCUT2D eigenvalue weighted by molar-refractivity contribution is 7.13. The van der Waals surface area contributed by atoms with Gasteiger partial charge in [-0.25, -0.2) is 18.7 Å². The monoisotopic (exact) mass is 1110 g/mol. The Labute approximate surface area is 463 Å². The summed E-state index contributed by atoms with van der Waals surface area (Å²) in [5.74, 6) is -1.94. The van der Waals surface area contributed by atoms with Gasteiger partial charge in [0.2, 0.25) is 17.7 Å². The smallest absolute Gasteiger partial charge is 0.317 e. The van der Waals surface area contributed by atoms with Crippen molar-refractivity contribution >= 4 is 89.8 Å².